The lowest BCUT2D eigenvalue weighted by atomic mass is 10.2. The average Bonchev–Trinajstić information content (AvgIpc) is 2.57. The van der Waals surface area contributed by atoms with Crippen LogP contribution in [0.4, 0.5) is 0 Å². The molecule has 0 aliphatic carbocycles. The van der Waals surface area contributed by atoms with Gasteiger partial charge in [-0.1, -0.05) is 0 Å². The summed E-state index contributed by atoms with van der Waals surface area (Å²) >= 11 is 0. The van der Waals surface area contributed by atoms with Gasteiger partial charge >= 0.3 is 0 Å². The number of ether oxygens (including phenoxy) is 1. The van der Waals surface area contributed by atoms with Crippen LogP contribution in [0.3, 0.4) is 0 Å². The first kappa shape index (κ1) is 15.4. The quantitative estimate of drug-likeness (QED) is 0.847. The van der Waals surface area contributed by atoms with Crippen LogP contribution in [0.5, 0.6) is 11.6 Å². The predicted molar refractivity (Wildman–Crippen MR) is 80.5 cm³/mol. The van der Waals surface area contributed by atoms with Crippen molar-refractivity contribution in [3.63, 3.8) is 0 Å². The molecule has 1 aromatic carbocycles. The van der Waals surface area contributed by atoms with E-state index < -0.39 is 0 Å². The van der Waals surface area contributed by atoms with Crippen molar-refractivity contribution in [1.82, 2.24) is 14.9 Å². The van der Waals surface area contributed by atoms with Crippen molar-refractivity contribution >= 4 is 5.91 Å². The molecule has 6 heteroatoms. The molecule has 22 heavy (non-hydrogen) atoms. The fraction of sp³-hybridized carbons (Fsp3) is 0.250. The summed E-state index contributed by atoms with van der Waals surface area (Å²) in [5.74, 6) is 0.839. The second-order valence-corrected chi connectivity index (χ2v) is 4.46. The molecule has 0 aliphatic heterocycles. The number of nitrogens with zero attached hydrogens (tertiary/aromatic N) is 4. The fourth-order valence-electron chi connectivity index (χ4n) is 1.91. The average molecular weight is 296 g/mol. The Hall–Kier alpha value is -2.94. The molecule has 0 saturated heterocycles. The van der Waals surface area contributed by atoms with Gasteiger partial charge in [0.05, 0.1) is 12.4 Å². The van der Waals surface area contributed by atoms with Crippen molar-refractivity contribution in [2.24, 2.45) is 0 Å². The Bertz CT molecular complexity index is 671. The third-order valence-electron chi connectivity index (χ3n) is 3.12. The predicted octanol–water partition coefficient (Wildman–Crippen LogP) is 2.62. The highest BCUT2D eigenvalue weighted by molar-refractivity contribution is 5.94. The maximum Gasteiger partial charge on any atom is 0.253 e. The molecule has 6 nitrogen and oxygen atoms in total. The van der Waals surface area contributed by atoms with Gasteiger partial charge in [-0.05, 0) is 38.1 Å². The monoisotopic (exact) mass is 296 g/mol. The Morgan fingerprint density at radius 3 is 2.36 bits per heavy atom. The Balaban J connectivity index is 2.08. The van der Waals surface area contributed by atoms with Gasteiger partial charge in [0.15, 0.2) is 5.69 Å². The molecule has 0 unspecified atom stereocenters. The van der Waals surface area contributed by atoms with Gasteiger partial charge in [0, 0.05) is 18.7 Å². The van der Waals surface area contributed by atoms with Gasteiger partial charge in [0.2, 0.25) is 5.88 Å². The maximum atomic E-state index is 12.2. The van der Waals surface area contributed by atoms with E-state index in [0.717, 1.165) is 0 Å². The van der Waals surface area contributed by atoms with E-state index in [9.17, 15) is 4.79 Å². The summed E-state index contributed by atoms with van der Waals surface area (Å²) in [6.45, 7) is 5.24. The van der Waals surface area contributed by atoms with Crippen molar-refractivity contribution in [3.8, 4) is 17.7 Å². The second kappa shape index (κ2) is 7.18. The molecule has 0 aliphatic rings. The molecule has 0 bridgehead atoms. The number of nitriles is 1. The summed E-state index contributed by atoms with van der Waals surface area (Å²) in [7, 11) is 0. The lowest BCUT2D eigenvalue weighted by molar-refractivity contribution is 0.0773. The lowest BCUT2D eigenvalue weighted by Gasteiger charge is -2.18. The highest BCUT2D eigenvalue weighted by atomic mass is 16.5. The number of amides is 1. The fourth-order valence-corrected chi connectivity index (χ4v) is 1.91. The molecule has 0 saturated carbocycles. The lowest BCUT2D eigenvalue weighted by Crippen LogP contribution is -2.30. The van der Waals surface area contributed by atoms with Crippen LogP contribution in [0.1, 0.15) is 29.9 Å². The van der Waals surface area contributed by atoms with E-state index in [0.29, 0.717) is 30.3 Å². The molecule has 2 rings (SSSR count). The van der Waals surface area contributed by atoms with Gasteiger partial charge in [-0.2, -0.15) is 5.26 Å². The number of hydrogen-bond acceptors (Lipinski definition) is 5. The second-order valence-electron chi connectivity index (χ2n) is 4.46. The highest BCUT2D eigenvalue weighted by Crippen LogP contribution is 2.19. The van der Waals surface area contributed by atoms with Crippen molar-refractivity contribution in [2.45, 2.75) is 13.8 Å². The number of aromatic nitrogens is 2. The minimum Gasteiger partial charge on any atom is -0.438 e. The zero-order valence-corrected chi connectivity index (χ0v) is 12.5. The van der Waals surface area contributed by atoms with Crippen molar-refractivity contribution in [1.29, 1.82) is 5.26 Å². The van der Waals surface area contributed by atoms with E-state index in [2.05, 4.69) is 9.97 Å². The zero-order chi connectivity index (χ0) is 15.9. The summed E-state index contributed by atoms with van der Waals surface area (Å²) in [5, 5.41) is 8.66. The van der Waals surface area contributed by atoms with Crippen LogP contribution in [0.2, 0.25) is 0 Å². The summed E-state index contributed by atoms with van der Waals surface area (Å²) in [6, 6.07) is 8.73. The Morgan fingerprint density at radius 1 is 1.18 bits per heavy atom. The number of carbonyl (C=O) groups is 1. The van der Waals surface area contributed by atoms with E-state index >= 15 is 0 Å². The van der Waals surface area contributed by atoms with Gasteiger partial charge < -0.3 is 9.64 Å². The van der Waals surface area contributed by atoms with Crippen LogP contribution in [-0.2, 0) is 0 Å². The Kier molecular flexibility index (Phi) is 5.04. The Labute approximate surface area is 129 Å². The number of benzene rings is 1. The molecule has 2 aromatic rings. The van der Waals surface area contributed by atoms with Crippen LogP contribution < -0.4 is 4.74 Å². The van der Waals surface area contributed by atoms with Gasteiger partial charge in [0.25, 0.3) is 5.91 Å². The number of carbonyl (C=O) groups excluding carboxylic acids is 1. The van der Waals surface area contributed by atoms with Gasteiger partial charge in [-0.3, -0.25) is 4.79 Å². The first-order valence-electron chi connectivity index (χ1n) is 6.97. The molecular weight excluding hydrogens is 280 g/mol. The molecule has 0 N–H and O–H groups in total. The van der Waals surface area contributed by atoms with Crippen molar-refractivity contribution in [3.05, 3.63) is 47.9 Å². The van der Waals surface area contributed by atoms with Gasteiger partial charge in [-0.15, -0.1) is 0 Å². The van der Waals surface area contributed by atoms with Gasteiger partial charge in [-0.25, -0.2) is 9.97 Å². The van der Waals surface area contributed by atoms with E-state index in [4.69, 9.17) is 10.00 Å². The van der Waals surface area contributed by atoms with Crippen molar-refractivity contribution in [2.75, 3.05) is 13.1 Å². The minimum absolute atomic E-state index is 0.00489. The van der Waals surface area contributed by atoms with Crippen LogP contribution in [0.25, 0.3) is 0 Å². The molecule has 0 spiro atoms. The summed E-state index contributed by atoms with van der Waals surface area (Å²) in [5.41, 5.74) is 0.842. The normalized spacial score (nSPS) is 9.86. The SMILES string of the molecule is CCN(CC)C(=O)c1ccc(Oc2cnc(C#N)cn2)cc1. The van der Waals surface area contributed by atoms with Crippen LogP contribution in [0, 0.1) is 11.3 Å². The third-order valence-corrected chi connectivity index (χ3v) is 3.12. The molecular formula is C16H16N4O2. The minimum atomic E-state index is -0.00489. The molecule has 1 amide bonds. The van der Waals surface area contributed by atoms with E-state index in [1.165, 1.54) is 12.4 Å². The Morgan fingerprint density at radius 2 is 1.86 bits per heavy atom. The van der Waals surface area contributed by atoms with Gasteiger partial charge in [0.1, 0.15) is 11.8 Å². The standard InChI is InChI=1S/C16H16N4O2/c1-3-20(4-2)16(21)12-5-7-14(8-6-12)22-15-11-18-13(9-17)10-19-15/h5-8,10-11H,3-4H2,1-2H3. The third kappa shape index (κ3) is 3.58. The largest absolute Gasteiger partial charge is 0.438 e. The molecule has 112 valence electrons. The molecule has 1 aromatic heterocycles. The van der Waals surface area contributed by atoms with Crippen LogP contribution in [-0.4, -0.2) is 33.9 Å². The summed E-state index contributed by atoms with van der Waals surface area (Å²) in [4.78, 5) is 21.8. The molecule has 0 atom stereocenters. The molecule has 0 radical (unpaired) electrons. The number of rotatable bonds is 5. The topological polar surface area (TPSA) is 79.1 Å². The smallest absolute Gasteiger partial charge is 0.253 e. The van der Waals surface area contributed by atoms with Crippen molar-refractivity contribution < 1.29 is 9.53 Å². The molecule has 0 fully saturated rings. The summed E-state index contributed by atoms with van der Waals surface area (Å²) in [6.07, 6.45) is 2.72. The van der Waals surface area contributed by atoms with E-state index in [-0.39, 0.29) is 11.6 Å². The maximum absolute atomic E-state index is 12.2. The first-order chi connectivity index (χ1) is 10.7. The number of hydrogen-bond donors (Lipinski definition) is 0. The first-order valence-corrected chi connectivity index (χ1v) is 6.97. The zero-order valence-electron chi connectivity index (χ0n) is 12.5. The van der Waals surface area contributed by atoms with E-state index in [1.54, 1.807) is 29.2 Å². The van der Waals surface area contributed by atoms with E-state index in [1.807, 2.05) is 19.9 Å². The molecule has 1 heterocycles. The summed E-state index contributed by atoms with van der Waals surface area (Å²) < 4.78 is 5.52. The van der Waals surface area contributed by atoms with Crippen LogP contribution >= 0.6 is 0 Å². The van der Waals surface area contributed by atoms with Crippen LogP contribution in [0.15, 0.2) is 36.7 Å². The highest BCUT2D eigenvalue weighted by Gasteiger charge is 2.12.